The molecule has 86 valence electrons. The minimum atomic E-state index is -0.310. The van der Waals surface area contributed by atoms with Gasteiger partial charge in [-0.15, -0.1) is 0 Å². The molecule has 2 nitrogen and oxygen atoms in total. The molecule has 2 fully saturated rings. The van der Waals surface area contributed by atoms with Gasteiger partial charge in [0.2, 0.25) is 0 Å². The van der Waals surface area contributed by atoms with Crippen LogP contribution in [0.25, 0.3) is 0 Å². The maximum absolute atomic E-state index is 5.92. The molecule has 0 aromatic carbocycles. The summed E-state index contributed by atoms with van der Waals surface area (Å²) in [5.74, 6) is 0.316. The first kappa shape index (κ1) is 11.2. The van der Waals surface area contributed by atoms with E-state index in [1.54, 1.807) is 0 Å². The summed E-state index contributed by atoms with van der Waals surface area (Å²) in [5, 5.41) is 0. The summed E-state index contributed by atoms with van der Waals surface area (Å²) >= 11 is 0. The minimum absolute atomic E-state index is 0.154. The summed E-state index contributed by atoms with van der Waals surface area (Å²) in [7, 11) is 0. The average molecular weight is 210 g/mol. The zero-order chi connectivity index (χ0) is 10.9. The van der Waals surface area contributed by atoms with E-state index in [-0.39, 0.29) is 11.2 Å². The van der Waals surface area contributed by atoms with Gasteiger partial charge in [-0.25, -0.2) is 0 Å². The van der Waals surface area contributed by atoms with Crippen molar-refractivity contribution in [1.29, 1.82) is 0 Å². The molecule has 1 unspecified atom stereocenters. The second kappa shape index (κ2) is 3.91. The van der Waals surface area contributed by atoms with Gasteiger partial charge in [-0.05, 0) is 25.7 Å². The molecule has 0 aromatic rings. The maximum Gasteiger partial charge on any atom is 0.174 e. The molecule has 1 spiro atoms. The lowest BCUT2D eigenvalue weighted by Crippen LogP contribution is -2.50. The summed E-state index contributed by atoms with van der Waals surface area (Å²) in [4.78, 5) is 0. The molecule has 2 aliphatic rings. The molecule has 0 radical (unpaired) electrons. The highest BCUT2D eigenvalue weighted by Gasteiger charge is 2.53. The van der Waals surface area contributed by atoms with E-state index in [0.29, 0.717) is 5.92 Å². The third-order valence-corrected chi connectivity index (χ3v) is 3.92. The van der Waals surface area contributed by atoms with Gasteiger partial charge < -0.3 is 9.47 Å². The number of hydrogen-bond donors (Lipinski definition) is 0. The van der Waals surface area contributed by atoms with Gasteiger partial charge in [-0.1, -0.05) is 26.0 Å². The first-order valence-corrected chi connectivity index (χ1v) is 6.00. The van der Waals surface area contributed by atoms with Crippen molar-refractivity contribution >= 4 is 0 Å². The molecule has 2 rings (SSSR count). The van der Waals surface area contributed by atoms with Gasteiger partial charge in [0.05, 0.1) is 13.2 Å². The SMILES string of the molecule is C/C=C\C1CCC(C)(C)C2(C1)OCCO2. The van der Waals surface area contributed by atoms with Crippen molar-refractivity contribution in [3.05, 3.63) is 12.2 Å². The lowest BCUT2D eigenvalue weighted by molar-refractivity contribution is -0.251. The summed E-state index contributed by atoms with van der Waals surface area (Å²) in [6.07, 6.45) is 7.89. The predicted molar refractivity (Wildman–Crippen MR) is 60.6 cm³/mol. The van der Waals surface area contributed by atoms with E-state index >= 15 is 0 Å². The predicted octanol–water partition coefficient (Wildman–Crippen LogP) is 3.13. The van der Waals surface area contributed by atoms with Gasteiger partial charge >= 0.3 is 0 Å². The van der Waals surface area contributed by atoms with Crippen LogP contribution < -0.4 is 0 Å². The first-order chi connectivity index (χ1) is 7.10. The van der Waals surface area contributed by atoms with Crippen molar-refractivity contribution in [2.75, 3.05) is 13.2 Å². The smallest absolute Gasteiger partial charge is 0.174 e. The van der Waals surface area contributed by atoms with Crippen molar-refractivity contribution in [1.82, 2.24) is 0 Å². The number of hydrogen-bond acceptors (Lipinski definition) is 2. The summed E-state index contributed by atoms with van der Waals surface area (Å²) < 4.78 is 11.8. The van der Waals surface area contributed by atoms with Crippen LogP contribution in [-0.4, -0.2) is 19.0 Å². The van der Waals surface area contributed by atoms with Gasteiger partial charge in [0, 0.05) is 11.8 Å². The van der Waals surface area contributed by atoms with Crippen LogP contribution in [0.15, 0.2) is 12.2 Å². The van der Waals surface area contributed by atoms with Crippen molar-refractivity contribution < 1.29 is 9.47 Å². The fourth-order valence-corrected chi connectivity index (χ4v) is 2.86. The highest BCUT2D eigenvalue weighted by Crippen LogP contribution is 2.50. The maximum atomic E-state index is 5.92. The van der Waals surface area contributed by atoms with E-state index in [1.165, 1.54) is 12.8 Å². The normalized spacial score (nSPS) is 33.9. The Hall–Kier alpha value is -0.340. The topological polar surface area (TPSA) is 18.5 Å². The highest BCUT2D eigenvalue weighted by atomic mass is 16.7. The van der Waals surface area contributed by atoms with Crippen molar-refractivity contribution in [3.8, 4) is 0 Å². The molecule has 0 bridgehead atoms. The molecule has 1 atom stereocenters. The number of ether oxygens (including phenoxy) is 2. The fraction of sp³-hybridized carbons (Fsp3) is 0.846. The zero-order valence-corrected chi connectivity index (χ0v) is 10.1. The molecule has 1 aliphatic carbocycles. The molecule has 15 heavy (non-hydrogen) atoms. The van der Waals surface area contributed by atoms with Gasteiger partial charge in [0.1, 0.15) is 0 Å². The molecule has 1 heterocycles. The van der Waals surface area contributed by atoms with Gasteiger partial charge in [0.15, 0.2) is 5.79 Å². The monoisotopic (exact) mass is 210 g/mol. The number of rotatable bonds is 1. The zero-order valence-electron chi connectivity index (χ0n) is 10.1. The minimum Gasteiger partial charge on any atom is -0.347 e. The number of allylic oxidation sites excluding steroid dienone is 2. The second-order valence-electron chi connectivity index (χ2n) is 5.36. The molecule has 0 amide bonds. The highest BCUT2D eigenvalue weighted by molar-refractivity contribution is 5.01. The largest absolute Gasteiger partial charge is 0.347 e. The van der Waals surface area contributed by atoms with Crippen molar-refractivity contribution in [2.45, 2.75) is 45.8 Å². The van der Waals surface area contributed by atoms with Crippen LogP contribution in [0.5, 0.6) is 0 Å². The third-order valence-electron chi connectivity index (χ3n) is 3.92. The molecular weight excluding hydrogens is 188 g/mol. The van der Waals surface area contributed by atoms with Gasteiger partial charge in [-0.2, -0.15) is 0 Å². The molecule has 1 aliphatic heterocycles. The standard InChI is InChI=1S/C13H22O2/c1-4-5-11-6-7-12(2,3)13(10-11)14-8-9-15-13/h4-5,11H,6-10H2,1-3H3/b5-4-. The fourth-order valence-electron chi connectivity index (χ4n) is 2.86. The first-order valence-electron chi connectivity index (χ1n) is 6.00. The van der Waals surface area contributed by atoms with E-state index in [0.717, 1.165) is 19.6 Å². The van der Waals surface area contributed by atoms with E-state index in [4.69, 9.17) is 9.47 Å². The van der Waals surface area contributed by atoms with Crippen LogP contribution in [0.3, 0.4) is 0 Å². The van der Waals surface area contributed by atoms with Crippen LogP contribution in [0.1, 0.15) is 40.0 Å². The summed E-state index contributed by atoms with van der Waals surface area (Å²) in [5.41, 5.74) is 0.154. The van der Waals surface area contributed by atoms with Crippen LogP contribution in [-0.2, 0) is 9.47 Å². The van der Waals surface area contributed by atoms with Gasteiger partial charge in [-0.3, -0.25) is 0 Å². The summed E-state index contributed by atoms with van der Waals surface area (Å²) in [6.45, 7) is 8.13. The molecular formula is C13H22O2. The Morgan fingerprint density at radius 3 is 2.47 bits per heavy atom. The molecule has 1 saturated carbocycles. The van der Waals surface area contributed by atoms with Crippen LogP contribution in [0, 0.1) is 11.3 Å². The molecule has 2 heteroatoms. The third kappa shape index (κ3) is 1.85. The Labute approximate surface area is 92.6 Å². The van der Waals surface area contributed by atoms with Crippen LogP contribution in [0.2, 0.25) is 0 Å². The Morgan fingerprint density at radius 2 is 1.87 bits per heavy atom. The quantitative estimate of drug-likeness (QED) is 0.619. The van der Waals surface area contributed by atoms with Crippen molar-refractivity contribution in [2.24, 2.45) is 11.3 Å². The van der Waals surface area contributed by atoms with E-state index < -0.39 is 0 Å². The van der Waals surface area contributed by atoms with E-state index in [2.05, 4.69) is 32.9 Å². The van der Waals surface area contributed by atoms with E-state index in [1.807, 2.05) is 0 Å². The van der Waals surface area contributed by atoms with Crippen LogP contribution >= 0.6 is 0 Å². The second-order valence-corrected chi connectivity index (χ2v) is 5.36. The van der Waals surface area contributed by atoms with Crippen LogP contribution in [0.4, 0.5) is 0 Å². The molecule has 0 aromatic heterocycles. The van der Waals surface area contributed by atoms with Crippen molar-refractivity contribution in [3.63, 3.8) is 0 Å². The molecule has 1 saturated heterocycles. The Balaban J connectivity index is 2.16. The molecule has 0 N–H and O–H groups in total. The Kier molecular flexibility index (Phi) is 2.91. The Bertz CT molecular complexity index is 249. The average Bonchev–Trinajstić information content (AvgIpc) is 2.63. The van der Waals surface area contributed by atoms with Gasteiger partial charge in [0.25, 0.3) is 0 Å². The lowest BCUT2D eigenvalue weighted by Gasteiger charge is -2.47. The summed E-state index contributed by atoms with van der Waals surface area (Å²) in [6, 6.07) is 0. The Morgan fingerprint density at radius 1 is 1.20 bits per heavy atom. The lowest BCUT2D eigenvalue weighted by atomic mass is 9.68. The van der Waals surface area contributed by atoms with E-state index in [9.17, 15) is 0 Å².